The predicted octanol–water partition coefficient (Wildman–Crippen LogP) is 0.416. The first-order chi connectivity index (χ1) is 6.85. The first-order valence-electron chi connectivity index (χ1n) is 4.36. The van der Waals surface area contributed by atoms with Crippen LogP contribution in [0.5, 0.6) is 0 Å². The van der Waals surface area contributed by atoms with Gasteiger partial charge < -0.3 is 17.5 Å². The molecule has 15 heavy (non-hydrogen) atoms. The Morgan fingerprint density at radius 2 is 1.93 bits per heavy atom. The summed E-state index contributed by atoms with van der Waals surface area (Å²) in [4.78, 5) is 22.4. The number of rotatable bonds is 3. The Balaban J connectivity index is 3.28. The Kier molecular flexibility index (Phi) is 3.06. The Morgan fingerprint density at radius 1 is 1.33 bits per heavy atom. The van der Waals surface area contributed by atoms with Crippen LogP contribution in [0.3, 0.4) is 0 Å². The lowest BCUT2D eigenvalue weighted by atomic mass is 9.92. The van der Waals surface area contributed by atoms with E-state index < -0.39 is 24.7 Å². The molecule has 4 nitrogen and oxygen atoms in total. The van der Waals surface area contributed by atoms with Crippen LogP contribution in [0, 0.1) is 0 Å². The predicted molar refractivity (Wildman–Crippen MR) is 49.7 cm³/mol. The maximum Gasteiger partial charge on any atom is 0.497 e. The van der Waals surface area contributed by atoms with Crippen LogP contribution in [0.1, 0.15) is 6.92 Å². The van der Waals surface area contributed by atoms with Crippen molar-refractivity contribution in [1.29, 1.82) is 0 Å². The molecular weight excluding hydrogens is 212 g/mol. The molecule has 0 saturated heterocycles. The van der Waals surface area contributed by atoms with Crippen molar-refractivity contribution in [1.82, 2.24) is 9.13 Å². The largest absolute Gasteiger partial charge is 0.497 e. The van der Waals surface area contributed by atoms with Crippen LogP contribution in [-0.4, -0.2) is 16.1 Å². The second-order valence-electron chi connectivity index (χ2n) is 3.04. The average molecular weight is 221 g/mol. The van der Waals surface area contributed by atoms with Gasteiger partial charge in [-0.2, -0.15) is 0 Å². The molecule has 0 aliphatic carbocycles. The van der Waals surface area contributed by atoms with Crippen molar-refractivity contribution >= 4 is 6.98 Å². The van der Waals surface area contributed by atoms with Gasteiger partial charge in [0.1, 0.15) is 0 Å². The highest BCUT2D eigenvalue weighted by atomic mass is 19.4. The number of aromatic nitrogens is 2. The fraction of sp³-hybridized carbons (Fsp3) is 0.429. The molecule has 1 rings (SSSR count). The molecule has 0 aliphatic rings. The van der Waals surface area contributed by atoms with Crippen molar-refractivity contribution in [2.45, 2.75) is 19.9 Å². The number of hydrogen-bond donors (Lipinski definition) is 0. The van der Waals surface area contributed by atoms with E-state index in [2.05, 4.69) is 0 Å². The van der Waals surface area contributed by atoms with E-state index in [1.807, 2.05) is 0 Å². The first kappa shape index (κ1) is 11.6. The van der Waals surface area contributed by atoms with E-state index in [4.69, 9.17) is 0 Å². The smallest absolute Gasteiger partial charge is 0.448 e. The van der Waals surface area contributed by atoms with Gasteiger partial charge in [-0.1, -0.05) is 0 Å². The monoisotopic (exact) mass is 221 g/mol. The van der Waals surface area contributed by atoms with Crippen molar-refractivity contribution in [3.05, 3.63) is 33.1 Å². The van der Waals surface area contributed by atoms with Crippen LogP contribution >= 0.6 is 0 Å². The minimum atomic E-state index is -5.19. The zero-order valence-electron chi connectivity index (χ0n) is 7.99. The van der Waals surface area contributed by atoms with Crippen LogP contribution in [0.15, 0.2) is 21.9 Å². The van der Waals surface area contributed by atoms with Crippen LogP contribution < -0.4 is 11.2 Å². The summed E-state index contributed by atoms with van der Waals surface area (Å²) in [6, 6.07) is 0.951. The number of nitrogens with zero attached hydrogens (tertiary/aromatic N) is 2. The highest BCUT2D eigenvalue weighted by Gasteiger charge is 2.25. The highest BCUT2D eigenvalue weighted by molar-refractivity contribution is 6.57. The van der Waals surface area contributed by atoms with Gasteiger partial charge in [0, 0.05) is 25.3 Å². The second kappa shape index (κ2) is 3.96. The Morgan fingerprint density at radius 3 is 2.40 bits per heavy atom. The molecular formula is C7H9BF3N2O2-. The summed E-state index contributed by atoms with van der Waals surface area (Å²) in [7, 11) is 0. The summed E-state index contributed by atoms with van der Waals surface area (Å²) in [6.45, 7) is -3.36. The molecule has 1 aromatic heterocycles. The van der Waals surface area contributed by atoms with Crippen molar-refractivity contribution < 1.29 is 12.9 Å². The molecule has 0 fully saturated rings. The van der Waals surface area contributed by atoms with Gasteiger partial charge in [0.05, 0.1) is 0 Å². The minimum absolute atomic E-state index is 0.198. The molecule has 0 N–H and O–H groups in total. The molecule has 0 unspecified atom stereocenters. The molecule has 0 saturated carbocycles. The quantitative estimate of drug-likeness (QED) is 0.694. The lowest BCUT2D eigenvalue weighted by Gasteiger charge is -2.15. The third-order valence-electron chi connectivity index (χ3n) is 1.87. The van der Waals surface area contributed by atoms with Gasteiger partial charge in [0.2, 0.25) is 0 Å². The Labute approximate surface area is 83.0 Å². The maximum atomic E-state index is 12.1. The van der Waals surface area contributed by atoms with Gasteiger partial charge in [0.25, 0.3) is 5.56 Å². The lowest BCUT2D eigenvalue weighted by Crippen LogP contribution is -2.43. The zero-order chi connectivity index (χ0) is 11.6. The number of hydrogen-bond acceptors (Lipinski definition) is 2. The summed E-state index contributed by atoms with van der Waals surface area (Å²) in [5.74, 6) is 0. The van der Waals surface area contributed by atoms with E-state index in [0.29, 0.717) is 0 Å². The third kappa shape index (κ3) is 2.74. The highest BCUT2D eigenvalue weighted by Crippen LogP contribution is 2.08. The molecule has 0 spiro atoms. The van der Waals surface area contributed by atoms with Gasteiger partial charge in [-0.05, 0) is 6.92 Å². The molecule has 8 heteroatoms. The molecule has 0 atom stereocenters. The SMILES string of the molecule is CCn1ccc(=O)n(C[B-](F)(F)F)c1=O. The first-order valence-corrected chi connectivity index (χ1v) is 4.36. The standard InChI is InChI=1S/C7H9BF3N2O2/c1-2-12-4-3-6(14)13(7(12)15)5-8(9,10)11/h3-4H,2,5H2,1H3/q-1. The topological polar surface area (TPSA) is 44.0 Å². The summed E-state index contributed by atoms with van der Waals surface area (Å²) in [5.41, 5.74) is -1.85. The molecule has 1 heterocycles. The molecule has 0 radical (unpaired) electrons. The number of aryl methyl sites for hydroxylation is 1. The summed E-state index contributed by atoms with van der Waals surface area (Å²) in [6.07, 6.45) is -0.303. The van der Waals surface area contributed by atoms with Crippen molar-refractivity contribution in [3.63, 3.8) is 0 Å². The van der Waals surface area contributed by atoms with E-state index in [1.54, 1.807) is 6.92 Å². The minimum Gasteiger partial charge on any atom is -0.448 e. The average Bonchev–Trinajstić information content (AvgIpc) is 2.11. The zero-order valence-corrected chi connectivity index (χ0v) is 7.99. The second-order valence-corrected chi connectivity index (χ2v) is 3.04. The summed E-state index contributed by atoms with van der Waals surface area (Å²) < 4.78 is 37.5. The van der Waals surface area contributed by atoms with E-state index in [9.17, 15) is 22.5 Å². The normalized spacial score (nSPS) is 11.7. The lowest BCUT2D eigenvalue weighted by molar-refractivity contribution is 0.434. The molecule has 0 aliphatic heterocycles. The van der Waals surface area contributed by atoms with E-state index in [-0.39, 0.29) is 11.1 Å². The fourth-order valence-electron chi connectivity index (χ4n) is 1.17. The summed E-state index contributed by atoms with van der Waals surface area (Å²) >= 11 is 0. The van der Waals surface area contributed by atoms with Crippen molar-refractivity contribution in [3.8, 4) is 0 Å². The van der Waals surface area contributed by atoms with Crippen LogP contribution in [0.4, 0.5) is 12.9 Å². The molecule has 0 amide bonds. The van der Waals surface area contributed by atoms with Crippen LogP contribution in [0.25, 0.3) is 0 Å². The maximum absolute atomic E-state index is 12.1. The van der Waals surface area contributed by atoms with E-state index in [0.717, 1.165) is 10.6 Å². The van der Waals surface area contributed by atoms with Crippen LogP contribution in [0.2, 0.25) is 0 Å². The van der Waals surface area contributed by atoms with Gasteiger partial charge in [-0.3, -0.25) is 9.36 Å². The fourth-order valence-corrected chi connectivity index (χ4v) is 1.17. The van der Waals surface area contributed by atoms with Gasteiger partial charge >= 0.3 is 12.7 Å². The third-order valence-corrected chi connectivity index (χ3v) is 1.87. The van der Waals surface area contributed by atoms with E-state index in [1.165, 1.54) is 6.20 Å². The summed E-state index contributed by atoms with van der Waals surface area (Å²) in [5, 5.41) is 0. The van der Waals surface area contributed by atoms with Crippen molar-refractivity contribution in [2.75, 3.05) is 0 Å². The van der Waals surface area contributed by atoms with Gasteiger partial charge in [-0.15, -0.1) is 0 Å². The van der Waals surface area contributed by atoms with E-state index >= 15 is 0 Å². The molecule has 0 aromatic carbocycles. The Hall–Kier alpha value is -1.47. The van der Waals surface area contributed by atoms with Crippen LogP contribution in [-0.2, 0) is 13.0 Å². The number of halogens is 3. The van der Waals surface area contributed by atoms with Gasteiger partial charge in [-0.25, -0.2) is 4.79 Å². The Bertz CT molecular complexity index is 463. The molecule has 1 aromatic rings. The van der Waals surface area contributed by atoms with Gasteiger partial charge in [0.15, 0.2) is 0 Å². The molecule has 0 bridgehead atoms. The molecule has 84 valence electrons. The van der Waals surface area contributed by atoms with Crippen molar-refractivity contribution in [2.24, 2.45) is 0 Å².